The molecule has 0 radical (unpaired) electrons. The van der Waals surface area contributed by atoms with Crippen LogP contribution in [0.4, 0.5) is 0 Å². The normalized spacial score (nSPS) is 39.9. The van der Waals surface area contributed by atoms with Gasteiger partial charge in [-0.1, -0.05) is 26.7 Å². The van der Waals surface area contributed by atoms with Crippen molar-refractivity contribution in [3.63, 3.8) is 0 Å². The predicted molar refractivity (Wildman–Crippen MR) is 55.6 cm³/mol. The fourth-order valence-electron chi connectivity index (χ4n) is 2.88. The highest BCUT2D eigenvalue weighted by molar-refractivity contribution is 4.96. The molecule has 2 aliphatic rings. The molecule has 1 saturated carbocycles. The van der Waals surface area contributed by atoms with Gasteiger partial charge in [0.15, 0.2) is 0 Å². The highest BCUT2D eigenvalue weighted by Gasteiger charge is 2.40. The van der Waals surface area contributed by atoms with Gasteiger partial charge in [-0.15, -0.1) is 0 Å². The van der Waals surface area contributed by atoms with Crippen molar-refractivity contribution in [2.45, 2.75) is 51.6 Å². The van der Waals surface area contributed by atoms with Crippen molar-refractivity contribution in [3.8, 4) is 0 Å². The Morgan fingerprint density at radius 1 is 1.15 bits per heavy atom. The summed E-state index contributed by atoms with van der Waals surface area (Å²) in [6.07, 6.45) is 5.29. The molecule has 0 bridgehead atoms. The Kier molecular flexibility index (Phi) is 2.37. The second-order valence-electron chi connectivity index (χ2n) is 5.58. The van der Waals surface area contributed by atoms with E-state index in [-0.39, 0.29) is 0 Å². The lowest BCUT2D eigenvalue weighted by Gasteiger charge is -2.52. The Balaban J connectivity index is 1.87. The van der Waals surface area contributed by atoms with Crippen molar-refractivity contribution in [3.05, 3.63) is 0 Å². The van der Waals surface area contributed by atoms with Crippen molar-refractivity contribution in [1.29, 1.82) is 0 Å². The zero-order chi connectivity index (χ0) is 9.47. The Labute approximate surface area is 81.5 Å². The van der Waals surface area contributed by atoms with E-state index in [1.807, 2.05) is 0 Å². The molecule has 76 valence electrons. The van der Waals surface area contributed by atoms with Gasteiger partial charge >= 0.3 is 0 Å². The Morgan fingerprint density at radius 2 is 1.77 bits per heavy atom. The van der Waals surface area contributed by atoms with Gasteiger partial charge in [0.05, 0.1) is 0 Å². The Bertz CT molecular complexity index is 181. The van der Waals surface area contributed by atoms with Gasteiger partial charge < -0.3 is 5.73 Å². The minimum absolute atomic E-state index is 0.449. The van der Waals surface area contributed by atoms with E-state index in [4.69, 9.17) is 5.73 Å². The third-order valence-corrected chi connectivity index (χ3v) is 3.51. The van der Waals surface area contributed by atoms with Crippen LogP contribution >= 0.6 is 0 Å². The lowest BCUT2D eigenvalue weighted by atomic mass is 9.79. The molecule has 1 saturated heterocycles. The molecule has 2 fully saturated rings. The number of rotatable bonds is 1. The predicted octanol–water partition coefficient (Wildman–Crippen LogP) is 1.60. The molecule has 1 heterocycles. The number of nitrogens with two attached hydrogens (primary N) is 1. The second kappa shape index (κ2) is 3.25. The van der Waals surface area contributed by atoms with Crippen LogP contribution in [0.1, 0.15) is 39.5 Å². The molecular formula is C11H22N2. The summed E-state index contributed by atoms with van der Waals surface area (Å²) >= 11 is 0. The molecule has 0 aromatic heterocycles. The monoisotopic (exact) mass is 182 g/mol. The lowest BCUT2D eigenvalue weighted by molar-refractivity contribution is -0.0242. The highest BCUT2D eigenvalue weighted by Crippen LogP contribution is 2.34. The molecule has 0 spiro atoms. The van der Waals surface area contributed by atoms with Crippen LogP contribution in [0.2, 0.25) is 0 Å². The summed E-state index contributed by atoms with van der Waals surface area (Å²) < 4.78 is 0. The van der Waals surface area contributed by atoms with Crippen LogP contribution in [0.25, 0.3) is 0 Å². The van der Waals surface area contributed by atoms with Crippen molar-refractivity contribution in [2.24, 2.45) is 11.1 Å². The van der Waals surface area contributed by atoms with Gasteiger partial charge in [-0.25, -0.2) is 0 Å². The molecule has 0 aromatic carbocycles. The second-order valence-corrected chi connectivity index (χ2v) is 5.58. The van der Waals surface area contributed by atoms with Crippen LogP contribution in [0.5, 0.6) is 0 Å². The lowest BCUT2D eigenvalue weighted by Crippen LogP contribution is -2.62. The largest absolute Gasteiger partial charge is 0.326 e. The van der Waals surface area contributed by atoms with Gasteiger partial charge in [0.1, 0.15) is 0 Å². The zero-order valence-corrected chi connectivity index (χ0v) is 8.92. The average Bonchev–Trinajstić information content (AvgIpc) is 2.01. The van der Waals surface area contributed by atoms with Gasteiger partial charge in [0.25, 0.3) is 0 Å². The van der Waals surface area contributed by atoms with E-state index >= 15 is 0 Å². The average molecular weight is 182 g/mol. The van der Waals surface area contributed by atoms with Crippen LogP contribution < -0.4 is 5.73 Å². The summed E-state index contributed by atoms with van der Waals surface area (Å²) in [7, 11) is 0. The molecule has 2 heteroatoms. The van der Waals surface area contributed by atoms with E-state index in [0.717, 1.165) is 0 Å². The maximum Gasteiger partial charge on any atom is 0.0247 e. The smallest absolute Gasteiger partial charge is 0.0247 e. The topological polar surface area (TPSA) is 29.3 Å². The molecule has 1 aliphatic heterocycles. The molecule has 2 N–H and O–H groups in total. The number of hydrogen-bond donors (Lipinski definition) is 1. The van der Waals surface area contributed by atoms with Crippen LogP contribution in [-0.2, 0) is 0 Å². The quantitative estimate of drug-likeness (QED) is 0.667. The van der Waals surface area contributed by atoms with Crippen molar-refractivity contribution in [2.75, 3.05) is 13.1 Å². The number of nitrogens with zero attached hydrogens (tertiary/aromatic N) is 1. The summed E-state index contributed by atoms with van der Waals surface area (Å²) in [5.74, 6) is 0. The molecule has 0 aromatic rings. The van der Waals surface area contributed by atoms with Gasteiger partial charge in [0.2, 0.25) is 0 Å². The van der Waals surface area contributed by atoms with Gasteiger partial charge in [-0.2, -0.15) is 0 Å². The molecule has 1 aliphatic carbocycles. The number of likely N-dealkylation sites (tertiary alicyclic amines) is 1. The first-order valence-corrected chi connectivity index (χ1v) is 5.58. The molecule has 2 atom stereocenters. The zero-order valence-electron chi connectivity index (χ0n) is 8.92. The summed E-state index contributed by atoms with van der Waals surface area (Å²) in [5.41, 5.74) is 6.69. The van der Waals surface area contributed by atoms with Gasteiger partial charge in [0, 0.05) is 25.2 Å². The van der Waals surface area contributed by atoms with E-state index < -0.39 is 0 Å². The molecule has 2 nitrogen and oxygen atoms in total. The Morgan fingerprint density at radius 3 is 2.31 bits per heavy atom. The first kappa shape index (κ1) is 9.47. The standard InChI is InChI=1S/C11H22N2/c1-11(2)7-13(8-11)10-6-4-3-5-9(10)12/h9-10H,3-8,12H2,1-2H3/t9-,10-/m1/s1. The van der Waals surface area contributed by atoms with Crippen molar-refractivity contribution in [1.82, 2.24) is 4.90 Å². The minimum atomic E-state index is 0.449. The SMILES string of the molecule is CC1(C)CN([C@@H]2CCCC[C@H]2N)C1. The van der Waals surface area contributed by atoms with Gasteiger partial charge in [-0.05, 0) is 18.3 Å². The van der Waals surface area contributed by atoms with Crippen molar-refractivity contribution >= 4 is 0 Å². The summed E-state index contributed by atoms with van der Waals surface area (Å²) in [6, 6.07) is 1.15. The van der Waals surface area contributed by atoms with E-state index in [1.165, 1.54) is 38.8 Å². The fourth-order valence-corrected chi connectivity index (χ4v) is 2.88. The van der Waals surface area contributed by atoms with Crippen LogP contribution in [0, 0.1) is 5.41 Å². The van der Waals surface area contributed by atoms with Crippen LogP contribution in [-0.4, -0.2) is 30.1 Å². The minimum Gasteiger partial charge on any atom is -0.326 e. The summed E-state index contributed by atoms with van der Waals surface area (Å²) in [4.78, 5) is 2.59. The van der Waals surface area contributed by atoms with Crippen LogP contribution in [0.15, 0.2) is 0 Å². The third-order valence-electron chi connectivity index (χ3n) is 3.51. The van der Waals surface area contributed by atoms with Crippen LogP contribution in [0.3, 0.4) is 0 Å². The van der Waals surface area contributed by atoms with E-state index in [9.17, 15) is 0 Å². The maximum atomic E-state index is 6.14. The molecule has 2 rings (SSSR count). The molecule has 0 unspecified atom stereocenters. The summed E-state index contributed by atoms with van der Waals surface area (Å²) in [6.45, 7) is 7.20. The summed E-state index contributed by atoms with van der Waals surface area (Å²) in [5, 5.41) is 0. The third kappa shape index (κ3) is 1.89. The van der Waals surface area contributed by atoms with Gasteiger partial charge in [-0.3, -0.25) is 4.90 Å². The first-order chi connectivity index (χ1) is 6.08. The van der Waals surface area contributed by atoms with Crippen molar-refractivity contribution < 1.29 is 0 Å². The van der Waals surface area contributed by atoms with E-state index in [2.05, 4.69) is 18.7 Å². The Hall–Kier alpha value is -0.0800. The highest BCUT2D eigenvalue weighted by atomic mass is 15.2. The first-order valence-electron chi connectivity index (χ1n) is 5.58. The van der Waals surface area contributed by atoms with E-state index in [0.29, 0.717) is 17.5 Å². The molecule has 0 amide bonds. The molecular weight excluding hydrogens is 160 g/mol. The fraction of sp³-hybridized carbons (Fsp3) is 1.00. The van der Waals surface area contributed by atoms with E-state index in [1.54, 1.807) is 0 Å². The molecule has 13 heavy (non-hydrogen) atoms. The number of hydrogen-bond acceptors (Lipinski definition) is 2. The maximum absolute atomic E-state index is 6.14.